The van der Waals surface area contributed by atoms with Crippen LogP contribution < -0.4 is 10.2 Å². The van der Waals surface area contributed by atoms with Crippen LogP contribution in [0.3, 0.4) is 0 Å². The summed E-state index contributed by atoms with van der Waals surface area (Å²) in [5.41, 5.74) is 1.60. The monoisotopic (exact) mass is 304 g/mol. The zero-order chi connectivity index (χ0) is 15.5. The Kier molecular flexibility index (Phi) is 5.21. The van der Waals surface area contributed by atoms with Crippen molar-refractivity contribution in [3.63, 3.8) is 0 Å². The maximum Gasteiger partial charge on any atom is 0.261 e. The van der Waals surface area contributed by atoms with Crippen molar-refractivity contribution in [3.05, 3.63) is 29.6 Å². The molecule has 1 aromatic carbocycles. The number of amides is 1. The number of carbonyl (C=O) groups is 1. The van der Waals surface area contributed by atoms with Gasteiger partial charge in [0.05, 0.1) is 4.90 Å². The summed E-state index contributed by atoms with van der Waals surface area (Å²) in [6, 6.07) is 2.20. The Bertz CT molecular complexity index is 601. The largest absolute Gasteiger partial charge is 0.289 e. The summed E-state index contributed by atoms with van der Waals surface area (Å²) in [5, 5.41) is 8.62. The fourth-order valence-corrected chi connectivity index (χ4v) is 3.01. The summed E-state index contributed by atoms with van der Waals surface area (Å²) >= 11 is 0. The highest BCUT2D eigenvalue weighted by molar-refractivity contribution is 7.89. The van der Waals surface area contributed by atoms with Crippen LogP contribution in [-0.2, 0) is 14.8 Å². The summed E-state index contributed by atoms with van der Waals surface area (Å²) in [5.74, 6) is -1.75. The van der Waals surface area contributed by atoms with E-state index in [1.165, 1.54) is 18.5 Å². The van der Waals surface area contributed by atoms with E-state index in [2.05, 4.69) is 4.72 Å². The topological polar surface area (TPSA) is 95.5 Å². The molecule has 0 bridgehead atoms. The van der Waals surface area contributed by atoms with Gasteiger partial charge in [-0.1, -0.05) is 13.8 Å². The molecule has 1 aromatic rings. The summed E-state index contributed by atoms with van der Waals surface area (Å²) in [6.45, 7) is 4.69. The van der Waals surface area contributed by atoms with Gasteiger partial charge in [-0.2, -0.15) is 4.72 Å². The van der Waals surface area contributed by atoms with Crippen LogP contribution in [0.2, 0.25) is 0 Å². The first-order chi connectivity index (χ1) is 9.19. The van der Waals surface area contributed by atoms with Gasteiger partial charge in [-0.25, -0.2) is 18.3 Å². The van der Waals surface area contributed by atoms with E-state index in [-0.39, 0.29) is 16.4 Å². The van der Waals surface area contributed by atoms with Gasteiger partial charge in [0.2, 0.25) is 10.0 Å². The van der Waals surface area contributed by atoms with Gasteiger partial charge in [-0.15, -0.1) is 0 Å². The minimum Gasteiger partial charge on any atom is -0.289 e. The van der Waals surface area contributed by atoms with Crippen LogP contribution in [0, 0.1) is 18.7 Å². The van der Waals surface area contributed by atoms with E-state index in [0.29, 0.717) is 0 Å². The second-order valence-electron chi connectivity index (χ2n) is 4.73. The fraction of sp³-hybridized carbons (Fsp3) is 0.417. The molecule has 1 rings (SSSR count). The highest BCUT2D eigenvalue weighted by Gasteiger charge is 2.28. The van der Waals surface area contributed by atoms with Crippen LogP contribution in [0.5, 0.6) is 0 Å². The van der Waals surface area contributed by atoms with Crippen LogP contribution >= 0.6 is 0 Å². The lowest BCUT2D eigenvalue weighted by Crippen LogP contribution is -2.48. The van der Waals surface area contributed by atoms with Crippen LogP contribution in [-0.4, -0.2) is 25.6 Å². The Morgan fingerprint density at radius 2 is 1.95 bits per heavy atom. The molecule has 0 aliphatic heterocycles. The molecule has 8 heteroatoms. The zero-order valence-corrected chi connectivity index (χ0v) is 12.2. The summed E-state index contributed by atoms with van der Waals surface area (Å²) in [4.78, 5) is 11.3. The van der Waals surface area contributed by atoms with Crippen LogP contribution in [0.25, 0.3) is 0 Å². The third kappa shape index (κ3) is 3.75. The van der Waals surface area contributed by atoms with Gasteiger partial charge in [0.25, 0.3) is 5.91 Å². The van der Waals surface area contributed by atoms with E-state index in [1.807, 2.05) is 0 Å². The third-order valence-corrected chi connectivity index (χ3v) is 4.22. The Labute approximate surface area is 117 Å². The van der Waals surface area contributed by atoms with Crippen molar-refractivity contribution < 1.29 is 22.8 Å². The number of rotatable bonds is 5. The molecule has 0 saturated carbocycles. The SMILES string of the molecule is Cc1cc(S(=O)(=O)NC(C(=O)NO)C(C)C)ccc1F. The van der Waals surface area contributed by atoms with E-state index < -0.39 is 27.8 Å². The molecule has 20 heavy (non-hydrogen) atoms. The molecule has 3 N–H and O–H groups in total. The Hall–Kier alpha value is -1.51. The Balaban J connectivity index is 3.09. The molecule has 0 aliphatic rings. The molecular formula is C12H17FN2O4S. The number of aryl methyl sites for hydroxylation is 1. The van der Waals surface area contributed by atoms with E-state index in [9.17, 15) is 17.6 Å². The molecule has 0 aromatic heterocycles. The molecule has 0 radical (unpaired) electrons. The molecule has 0 spiro atoms. The van der Waals surface area contributed by atoms with Gasteiger partial charge in [0.15, 0.2) is 0 Å². The van der Waals surface area contributed by atoms with Crippen LogP contribution in [0.15, 0.2) is 23.1 Å². The molecule has 0 saturated heterocycles. The number of nitrogens with one attached hydrogen (secondary N) is 2. The highest BCUT2D eigenvalue weighted by Crippen LogP contribution is 2.15. The van der Waals surface area contributed by atoms with Crippen LogP contribution in [0.4, 0.5) is 4.39 Å². The number of carbonyl (C=O) groups excluding carboxylic acids is 1. The van der Waals surface area contributed by atoms with E-state index >= 15 is 0 Å². The van der Waals surface area contributed by atoms with Gasteiger partial charge in [-0.3, -0.25) is 10.0 Å². The molecule has 1 atom stereocenters. The lowest BCUT2D eigenvalue weighted by atomic mass is 10.1. The van der Waals surface area contributed by atoms with Crippen LogP contribution in [0.1, 0.15) is 19.4 Å². The molecule has 6 nitrogen and oxygen atoms in total. The second-order valence-corrected chi connectivity index (χ2v) is 6.44. The van der Waals surface area contributed by atoms with Crippen molar-refractivity contribution in [2.75, 3.05) is 0 Å². The standard InChI is InChI=1S/C12H17FN2O4S/c1-7(2)11(12(16)14-17)15-20(18,19)9-4-5-10(13)8(3)6-9/h4-7,11,15,17H,1-3H3,(H,14,16). The lowest BCUT2D eigenvalue weighted by molar-refractivity contribution is -0.131. The number of hydrogen-bond acceptors (Lipinski definition) is 4. The van der Waals surface area contributed by atoms with Crippen molar-refractivity contribution in [2.45, 2.75) is 31.7 Å². The van der Waals surface area contributed by atoms with Gasteiger partial charge in [0.1, 0.15) is 11.9 Å². The molecule has 1 unspecified atom stereocenters. The predicted molar refractivity (Wildman–Crippen MR) is 70.0 cm³/mol. The highest BCUT2D eigenvalue weighted by atomic mass is 32.2. The number of sulfonamides is 1. The maximum atomic E-state index is 13.1. The Morgan fingerprint density at radius 1 is 1.35 bits per heavy atom. The second kappa shape index (κ2) is 6.29. The van der Waals surface area contributed by atoms with Gasteiger partial charge in [-0.05, 0) is 36.6 Å². The summed E-state index contributed by atoms with van der Waals surface area (Å²) in [6.07, 6.45) is 0. The van der Waals surface area contributed by atoms with Crippen molar-refractivity contribution in [2.24, 2.45) is 5.92 Å². The predicted octanol–water partition coefficient (Wildman–Crippen LogP) is 0.942. The first-order valence-corrected chi connectivity index (χ1v) is 7.39. The van der Waals surface area contributed by atoms with E-state index in [1.54, 1.807) is 13.8 Å². The van der Waals surface area contributed by atoms with E-state index in [4.69, 9.17) is 5.21 Å². The summed E-state index contributed by atoms with van der Waals surface area (Å²) in [7, 11) is -3.99. The smallest absolute Gasteiger partial charge is 0.261 e. The van der Waals surface area contributed by atoms with Gasteiger partial charge >= 0.3 is 0 Å². The molecule has 112 valence electrons. The van der Waals surface area contributed by atoms with Gasteiger partial charge in [0, 0.05) is 0 Å². The summed E-state index contributed by atoms with van der Waals surface area (Å²) < 4.78 is 39.6. The van der Waals surface area contributed by atoms with Gasteiger partial charge < -0.3 is 0 Å². The number of hydroxylamine groups is 1. The minimum atomic E-state index is -3.99. The van der Waals surface area contributed by atoms with Crippen molar-refractivity contribution in [1.82, 2.24) is 10.2 Å². The fourth-order valence-electron chi connectivity index (χ4n) is 1.58. The zero-order valence-electron chi connectivity index (χ0n) is 11.3. The third-order valence-electron chi connectivity index (χ3n) is 2.78. The average molecular weight is 304 g/mol. The first kappa shape index (κ1) is 16.5. The normalized spacial score (nSPS) is 13.3. The van der Waals surface area contributed by atoms with Crippen molar-refractivity contribution in [3.8, 4) is 0 Å². The molecule has 0 aliphatic carbocycles. The number of benzene rings is 1. The Morgan fingerprint density at radius 3 is 2.40 bits per heavy atom. The minimum absolute atomic E-state index is 0.146. The number of hydrogen-bond donors (Lipinski definition) is 3. The molecule has 0 heterocycles. The quantitative estimate of drug-likeness (QED) is 0.557. The molecule has 1 amide bonds. The van der Waals surface area contributed by atoms with Crippen molar-refractivity contribution in [1.29, 1.82) is 0 Å². The number of halogens is 1. The molecule has 0 fully saturated rings. The molecular weight excluding hydrogens is 287 g/mol. The average Bonchev–Trinajstić information content (AvgIpc) is 2.38. The van der Waals surface area contributed by atoms with E-state index in [0.717, 1.165) is 12.1 Å². The lowest BCUT2D eigenvalue weighted by Gasteiger charge is -2.20. The van der Waals surface area contributed by atoms with Crippen molar-refractivity contribution >= 4 is 15.9 Å². The maximum absolute atomic E-state index is 13.1. The first-order valence-electron chi connectivity index (χ1n) is 5.91.